The molecule has 0 saturated carbocycles. The van der Waals surface area contributed by atoms with Crippen LogP contribution in [0.5, 0.6) is 5.75 Å². The van der Waals surface area contributed by atoms with Crippen LogP contribution in [-0.2, 0) is 10.3 Å². The standard InChI is InChI=1S/C16H13NO2/c1-18-14-9-7-13(8-10-14)16(11-17)15(19-16)12-5-3-2-4-6-12/h2-10,15H,1H3. The summed E-state index contributed by atoms with van der Waals surface area (Å²) in [5.41, 5.74) is 1.04. The molecule has 0 amide bonds. The van der Waals surface area contributed by atoms with E-state index in [0.29, 0.717) is 0 Å². The van der Waals surface area contributed by atoms with E-state index >= 15 is 0 Å². The van der Waals surface area contributed by atoms with Crippen LogP contribution in [0.1, 0.15) is 17.2 Å². The third-order valence-electron chi connectivity index (χ3n) is 3.40. The van der Waals surface area contributed by atoms with E-state index in [-0.39, 0.29) is 6.10 Å². The Morgan fingerprint density at radius 1 is 1.11 bits per heavy atom. The molecular formula is C16H13NO2. The minimum atomic E-state index is -0.854. The van der Waals surface area contributed by atoms with Crippen LogP contribution >= 0.6 is 0 Å². The summed E-state index contributed by atoms with van der Waals surface area (Å²) in [4.78, 5) is 0. The highest BCUT2D eigenvalue weighted by atomic mass is 16.6. The Morgan fingerprint density at radius 3 is 2.37 bits per heavy atom. The third kappa shape index (κ3) is 1.87. The van der Waals surface area contributed by atoms with Crippen molar-refractivity contribution in [3.63, 3.8) is 0 Å². The highest BCUT2D eigenvalue weighted by Gasteiger charge is 2.59. The number of nitrogens with zero attached hydrogens (tertiary/aromatic N) is 1. The lowest BCUT2D eigenvalue weighted by Crippen LogP contribution is -2.06. The first-order valence-corrected chi connectivity index (χ1v) is 6.09. The fraction of sp³-hybridized carbons (Fsp3) is 0.188. The number of hydrogen-bond donors (Lipinski definition) is 0. The Balaban J connectivity index is 1.92. The molecule has 0 bridgehead atoms. The van der Waals surface area contributed by atoms with Gasteiger partial charge in [0.2, 0.25) is 5.60 Å². The van der Waals surface area contributed by atoms with Gasteiger partial charge in [0.25, 0.3) is 0 Å². The number of epoxide rings is 1. The van der Waals surface area contributed by atoms with E-state index in [9.17, 15) is 5.26 Å². The molecule has 2 aromatic carbocycles. The highest BCUT2D eigenvalue weighted by molar-refractivity contribution is 5.43. The lowest BCUT2D eigenvalue weighted by atomic mass is 9.93. The van der Waals surface area contributed by atoms with Gasteiger partial charge in [-0.25, -0.2) is 0 Å². The second kappa shape index (κ2) is 4.42. The summed E-state index contributed by atoms with van der Waals surface area (Å²) in [7, 11) is 1.62. The smallest absolute Gasteiger partial charge is 0.210 e. The number of rotatable bonds is 3. The molecule has 1 fully saturated rings. The maximum Gasteiger partial charge on any atom is 0.210 e. The van der Waals surface area contributed by atoms with Crippen LogP contribution in [0.25, 0.3) is 0 Å². The van der Waals surface area contributed by atoms with Crippen LogP contribution in [0, 0.1) is 11.3 Å². The Kier molecular flexibility index (Phi) is 2.73. The molecule has 1 heterocycles. The van der Waals surface area contributed by atoms with Crippen LogP contribution in [0.3, 0.4) is 0 Å². The Bertz CT molecular complexity index is 615. The predicted molar refractivity (Wildman–Crippen MR) is 70.6 cm³/mol. The Morgan fingerprint density at radius 2 is 1.79 bits per heavy atom. The molecule has 0 aromatic heterocycles. The Hall–Kier alpha value is -2.31. The molecule has 1 aliphatic heterocycles. The first-order valence-electron chi connectivity index (χ1n) is 6.09. The maximum atomic E-state index is 9.46. The first-order chi connectivity index (χ1) is 9.30. The van der Waals surface area contributed by atoms with Crippen molar-refractivity contribution in [2.75, 3.05) is 7.11 Å². The third-order valence-corrected chi connectivity index (χ3v) is 3.40. The minimum absolute atomic E-state index is 0.188. The number of hydrogen-bond acceptors (Lipinski definition) is 3. The van der Waals surface area contributed by atoms with Gasteiger partial charge < -0.3 is 9.47 Å². The second-order valence-corrected chi connectivity index (χ2v) is 4.48. The second-order valence-electron chi connectivity index (χ2n) is 4.48. The van der Waals surface area contributed by atoms with Gasteiger partial charge in [0.05, 0.1) is 7.11 Å². The topological polar surface area (TPSA) is 45.5 Å². The number of benzene rings is 2. The zero-order valence-corrected chi connectivity index (χ0v) is 10.5. The SMILES string of the molecule is COc1ccc(C2(C#N)OC2c2ccccc2)cc1. The van der Waals surface area contributed by atoms with E-state index in [1.807, 2.05) is 54.6 Å². The molecule has 3 heteroatoms. The van der Waals surface area contributed by atoms with Crippen LogP contribution < -0.4 is 4.74 Å². The number of ether oxygens (including phenoxy) is 2. The lowest BCUT2D eigenvalue weighted by Gasteiger charge is -2.06. The van der Waals surface area contributed by atoms with Gasteiger partial charge >= 0.3 is 0 Å². The van der Waals surface area contributed by atoms with Crippen molar-refractivity contribution in [3.8, 4) is 11.8 Å². The molecule has 2 atom stereocenters. The van der Waals surface area contributed by atoms with Crippen LogP contribution in [0.2, 0.25) is 0 Å². The molecule has 0 aliphatic carbocycles. The van der Waals surface area contributed by atoms with Crippen LogP contribution in [0.4, 0.5) is 0 Å². The van der Waals surface area contributed by atoms with Gasteiger partial charge in [-0.2, -0.15) is 5.26 Å². The summed E-state index contributed by atoms with van der Waals surface area (Å²) in [6.45, 7) is 0. The van der Waals surface area contributed by atoms with Gasteiger partial charge in [-0.15, -0.1) is 0 Å². The fourth-order valence-electron chi connectivity index (χ4n) is 2.29. The van der Waals surface area contributed by atoms with Gasteiger partial charge in [-0.1, -0.05) is 42.5 Å². The summed E-state index contributed by atoms with van der Waals surface area (Å²) in [6.07, 6.45) is -0.188. The fourth-order valence-corrected chi connectivity index (χ4v) is 2.29. The molecule has 1 aliphatic rings. The molecular weight excluding hydrogens is 238 g/mol. The van der Waals surface area contributed by atoms with E-state index in [2.05, 4.69) is 6.07 Å². The van der Waals surface area contributed by atoms with Crippen molar-refractivity contribution in [2.24, 2.45) is 0 Å². The van der Waals surface area contributed by atoms with Crippen molar-refractivity contribution in [1.82, 2.24) is 0 Å². The minimum Gasteiger partial charge on any atom is -0.497 e. The van der Waals surface area contributed by atoms with E-state index in [1.165, 1.54) is 0 Å². The average molecular weight is 251 g/mol. The van der Waals surface area contributed by atoms with E-state index in [4.69, 9.17) is 9.47 Å². The van der Waals surface area contributed by atoms with E-state index in [0.717, 1.165) is 16.9 Å². The molecule has 1 saturated heterocycles. The average Bonchev–Trinajstić information content (AvgIpc) is 3.24. The zero-order chi connectivity index (χ0) is 13.3. The predicted octanol–water partition coefficient (Wildman–Crippen LogP) is 3.19. The molecule has 19 heavy (non-hydrogen) atoms. The van der Waals surface area contributed by atoms with Gasteiger partial charge in [-0.05, 0) is 17.7 Å². The largest absolute Gasteiger partial charge is 0.497 e. The summed E-state index contributed by atoms with van der Waals surface area (Å²) >= 11 is 0. The van der Waals surface area contributed by atoms with Gasteiger partial charge in [-0.3, -0.25) is 0 Å². The van der Waals surface area contributed by atoms with Crippen molar-refractivity contribution in [3.05, 3.63) is 65.7 Å². The van der Waals surface area contributed by atoms with Crippen LogP contribution in [0.15, 0.2) is 54.6 Å². The van der Waals surface area contributed by atoms with Gasteiger partial charge in [0.1, 0.15) is 17.9 Å². The van der Waals surface area contributed by atoms with Crippen LogP contribution in [-0.4, -0.2) is 7.11 Å². The summed E-state index contributed by atoms with van der Waals surface area (Å²) < 4.78 is 10.8. The van der Waals surface area contributed by atoms with E-state index in [1.54, 1.807) is 7.11 Å². The maximum absolute atomic E-state index is 9.46. The van der Waals surface area contributed by atoms with Crippen molar-refractivity contribution < 1.29 is 9.47 Å². The van der Waals surface area contributed by atoms with Crippen molar-refractivity contribution >= 4 is 0 Å². The normalized spacial score (nSPS) is 24.5. The quantitative estimate of drug-likeness (QED) is 0.787. The highest BCUT2D eigenvalue weighted by Crippen LogP contribution is 2.56. The number of methoxy groups -OCH3 is 1. The molecule has 2 unspecified atom stereocenters. The summed E-state index contributed by atoms with van der Waals surface area (Å²) in [5.74, 6) is 0.772. The molecule has 0 radical (unpaired) electrons. The monoisotopic (exact) mass is 251 g/mol. The van der Waals surface area contributed by atoms with Gasteiger partial charge in [0, 0.05) is 5.56 Å². The number of nitriles is 1. The molecule has 3 rings (SSSR count). The van der Waals surface area contributed by atoms with E-state index < -0.39 is 5.60 Å². The summed E-state index contributed by atoms with van der Waals surface area (Å²) in [6, 6.07) is 19.6. The van der Waals surface area contributed by atoms with Crippen molar-refractivity contribution in [1.29, 1.82) is 5.26 Å². The summed E-state index contributed by atoms with van der Waals surface area (Å²) in [5, 5.41) is 9.46. The Labute approximate surface area is 112 Å². The van der Waals surface area contributed by atoms with Crippen molar-refractivity contribution in [2.45, 2.75) is 11.7 Å². The lowest BCUT2D eigenvalue weighted by molar-refractivity contribution is 0.340. The molecule has 3 nitrogen and oxygen atoms in total. The molecule has 0 N–H and O–H groups in total. The molecule has 94 valence electrons. The molecule has 2 aromatic rings. The molecule has 0 spiro atoms. The zero-order valence-electron chi connectivity index (χ0n) is 10.5. The first kappa shape index (κ1) is 11.8. The van der Waals surface area contributed by atoms with Gasteiger partial charge in [0.15, 0.2) is 0 Å².